The first-order valence-electron chi connectivity index (χ1n) is 5.03. The van der Waals surface area contributed by atoms with Gasteiger partial charge >= 0.3 is 6.18 Å². The first-order chi connectivity index (χ1) is 7.90. The number of amides is 1. The number of nitrogens with one attached hydrogen (secondary N) is 1. The summed E-state index contributed by atoms with van der Waals surface area (Å²) in [5.74, 6) is -0.772. The summed E-state index contributed by atoms with van der Waals surface area (Å²) in [6.45, 7) is -0.0767. The SMILES string of the molecule is O=C(NCCCC(F)(F)F)c1ccccc1O. The second-order valence-electron chi connectivity index (χ2n) is 3.49. The van der Waals surface area contributed by atoms with E-state index in [0.717, 1.165) is 0 Å². The molecule has 0 atom stereocenters. The van der Waals surface area contributed by atoms with Gasteiger partial charge in [0.2, 0.25) is 0 Å². The molecule has 2 N–H and O–H groups in total. The Morgan fingerprint density at radius 2 is 1.94 bits per heavy atom. The molecule has 0 saturated carbocycles. The highest BCUT2D eigenvalue weighted by molar-refractivity contribution is 5.96. The van der Waals surface area contributed by atoms with Crippen molar-refractivity contribution in [3.05, 3.63) is 29.8 Å². The van der Waals surface area contributed by atoms with E-state index in [1.54, 1.807) is 12.1 Å². The molecule has 0 aromatic heterocycles. The van der Waals surface area contributed by atoms with Crippen molar-refractivity contribution in [3.63, 3.8) is 0 Å². The summed E-state index contributed by atoms with van der Waals surface area (Å²) < 4.78 is 35.4. The van der Waals surface area contributed by atoms with Gasteiger partial charge in [0, 0.05) is 13.0 Å². The van der Waals surface area contributed by atoms with Gasteiger partial charge in [-0.3, -0.25) is 4.79 Å². The molecule has 0 radical (unpaired) electrons. The van der Waals surface area contributed by atoms with Gasteiger partial charge in [-0.15, -0.1) is 0 Å². The average Bonchev–Trinajstić information content (AvgIpc) is 2.23. The van der Waals surface area contributed by atoms with E-state index in [9.17, 15) is 23.1 Å². The number of hydrogen-bond acceptors (Lipinski definition) is 2. The van der Waals surface area contributed by atoms with Crippen LogP contribution in [0.2, 0.25) is 0 Å². The van der Waals surface area contributed by atoms with Gasteiger partial charge in [-0.2, -0.15) is 13.2 Å². The highest BCUT2D eigenvalue weighted by atomic mass is 19.4. The fourth-order valence-electron chi connectivity index (χ4n) is 1.25. The Bertz CT molecular complexity index is 391. The number of rotatable bonds is 4. The summed E-state index contributed by atoms with van der Waals surface area (Å²) in [6.07, 6.45) is -5.32. The van der Waals surface area contributed by atoms with E-state index in [1.165, 1.54) is 12.1 Å². The molecule has 1 aromatic rings. The molecule has 6 heteroatoms. The van der Waals surface area contributed by atoms with Gasteiger partial charge in [0.25, 0.3) is 5.91 Å². The van der Waals surface area contributed by atoms with Crippen LogP contribution >= 0.6 is 0 Å². The predicted molar refractivity (Wildman–Crippen MR) is 55.7 cm³/mol. The normalized spacial score (nSPS) is 11.2. The van der Waals surface area contributed by atoms with Gasteiger partial charge in [-0.1, -0.05) is 12.1 Å². The largest absolute Gasteiger partial charge is 0.507 e. The van der Waals surface area contributed by atoms with Crippen LogP contribution in [-0.2, 0) is 0 Å². The summed E-state index contributed by atoms with van der Waals surface area (Å²) in [5.41, 5.74) is 0.0551. The lowest BCUT2D eigenvalue weighted by Gasteiger charge is -2.08. The molecule has 0 fully saturated rings. The van der Waals surface area contributed by atoms with Gasteiger partial charge in [-0.25, -0.2) is 0 Å². The monoisotopic (exact) mass is 247 g/mol. The summed E-state index contributed by atoms with van der Waals surface area (Å²) in [4.78, 5) is 11.4. The quantitative estimate of drug-likeness (QED) is 0.803. The maximum atomic E-state index is 11.8. The smallest absolute Gasteiger partial charge is 0.389 e. The molecule has 3 nitrogen and oxygen atoms in total. The molecule has 1 aromatic carbocycles. The van der Waals surface area contributed by atoms with Crippen molar-refractivity contribution in [2.45, 2.75) is 19.0 Å². The fraction of sp³-hybridized carbons (Fsp3) is 0.364. The van der Waals surface area contributed by atoms with Crippen molar-refractivity contribution in [1.82, 2.24) is 5.32 Å². The Kier molecular flexibility index (Phi) is 4.37. The third-order valence-electron chi connectivity index (χ3n) is 2.07. The minimum Gasteiger partial charge on any atom is -0.507 e. The topological polar surface area (TPSA) is 49.3 Å². The molecule has 0 aliphatic heterocycles. The van der Waals surface area contributed by atoms with Crippen LogP contribution in [0.4, 0.5) is 13.2 Å². The van der Waals surface area contributed by atoms with Gasteiger partial charge in [-0.05, 0) is 18.6 Å². The van der Waals surface area contributed by atoms with Crippen molar-refractivity contribution in [2.75, 3.05) is 6.54 Å². The van der Waals surface area contributed by atoms with Crippen LogP contribution < -0.4 is 5.32 Å². The molecule has 1 amide bonds. The number of aromatic hydroxyl groups is 1. The molecule has 0 unspecified atom stereocenters. The number of carbonyl (C=O) groups excluding carboxylic acids is 1. The van der Waals surface area contributed by atoms with Crippen molar-refractivity contribution in [1.29, 1.82) is 0 Å². The van der Waals surface area contributed by atoms with Crippen LogP contribution in [0.3, 0.4) is 0 Å². The first kappa shape index (κ1) is 13.3. The minimum absolute atomic E-state index is 0.0551. The highest BCUT2D eigenvalue weighted by Crippen LogP contribution is 2.21. The molecule has 17 heavy (non-hydrogen) atoms. The number of alkyl halides is 3. The molecule has 0 bridgehead atoms. The lowest BCUT2D eigenvalue weighted by molar-refractivity contribution is -0.135. The van der Waals surface area contributed by atoms with Gasteiger partial charge < -0.3 is 10.4 Å². The Hall–Kier alpha value is -1.72. The predicted octanol–water partition coefficient (Wildman–Crippen LogP) is 2.46. The Labute approximate surface area is 96.3 Å². The second kappa shape index (κ2) is 5.56. The maximum Gasteiger partial charge on any atom is 0.389 e. The van der Waals surface area contributed by atoms with E-state index in [-0.39, 0.29) is 24.3 Å². The number of carbonyl (C=O) groups is 1. The fourth-order valence-corrected chi connectivity index (χ4v) is 1.25. The summed E-state index contributed by atoms with van der Waals surface area (Å²) in [7, 11) is 0. The number of phenols is 1. The van der Waals surface area contributed by atoms with E-state index in [0.29, 0.717) is 0 Å². The third-order valence-corrected chi connectivity index (χ3v) is 2.07. The van der Waals surface area contributed by atoms with Crippen LogP contribution in [0.1, 0.15) is 23.2 Å². The van der Waals surface area contributed by atoms with Crippen molar-refractivity contribution in [2.24, 2.45) is 0 Å². The molecule has 1 rings (SSSR count). The Morgan fingerprint density at radius 1 is 1.29 bits per heavy atom. The van der Waals surface area contributed by atoms with E-state index in [4.69, 9.17) is 0 Å². The highest BCUT2D eigenvalue weighted by Gasteiger charge is 2.26. The van der Waals surface area contributed by atoms with Gasteiger partial charge in [0.1, 0.15) is 5.75 Å². The Morgan fingerprint density at radius 3 is 2.53 bits per heavy atom. The zero-order valence-electron chi connectivity index (χ0n) is 8.92. The van der Waals surface area contributed by atoms with E-state index in [1.807, 2.05) is 0 Å². The molecular formula is C11H12F3NO2. The van der Waals surface area contributed by atoms with E-state index in [2.05, 4.69) is 5.32 Å². The standard InChI is InChI=1S/C11H12F3NO2/c12-11(13,14)6-3-7-15-10(17)8-4-1-2-5-9(8)16/h1-2,4-5,16H,3,6-7H2,(H,15,17). The van der Waals surface area contributed by atoms with Crippen LogP contribution in [0.5, 0.6) is 5.75 Å². The van der Waals surface area contributed by atoms with E-state index >= 15 is 0 Å². The number of phenolic OH excluding ortho intramolecular Hbond substituents is 1. The van der Waals surface area contributed by atoms with Crippen LogP contribution in [0.25, 0.3) is 0 Å². The molecule has 0 spiro atoms. The van der Waals surface area contributed by atoms with Gasteiger partial charge in [0.05, 0.1) is 5.56 Å². The average molecular weight is 247 g/mol. The molecular weight excluding hydrogens is 235 g/mol. The molecule has 0 heterocycles. The lowest BCUT2D eigenvalue weighted by atomic mass is 10.2. The molecule has 94 valence electrons. The second-order valence-corrected chi connectivity index (χ2v) is 3.49. The van der Waals surface area contributed by atoms with Crippen molar-refractivity contribution < 1.29 is 23.1 Å². The number of benzene rings is 1. The lowest BCUT2D eigenvalue weighted by Crippen LogP contribution is -2.25. The van der Waals surface area contributed by atoms with Crippen molar-refractivity contribution in [3.8, 4) is 5.75 Å². The molecule has 0 saturated heterocycles. The van der Waals surface area contributed by atoms with Crippen LogP contribution in [0, 0.1) is 0 Å². The summed E-state index contributed by atoms with van der Waals surface area (Å²) in [5, 5.41) is 11.6. The zero-order valence-corrected chi connectivity index (χ0v) is 8.92. The summed E-state index contributed by atoms with van der Waals surface area (Å²) in [6, 6.07) is 5.85. The van der Waals surface area contributed by atoms with Crippen LogP contribution in [-0.4, -0.2) is 23.7 Å². The zero-order chi connectivity index (χ0) is 12.9. The minimum atomic E-state index is -4.21. The maximum absolute atomic E-state index is 11.8. The number of halogens is 3. The third kappa shape index (κ3) is 4.76. The van der Waals surface area contributed by atoms with Crippen molar-refractivity contribution >= 4 is 5.91 Å². The van der Waals surface area contributed by atoms with Crippen LogP contribution in [0.15, 0.2) is 24.3 Å². The van der Waals surface area contributed by atoms with Gasteiger partial charge in [0.15, 0.2) is 0 Å². The van der Waals surface area contributed by atoms with E-state index < -0.39 is 18.5 Å². The first-order valence-corrected chi connectivity index (χ1v) is 5.03. The summed E-state index contributed by atoms with van der Waals surface area (Å²) >= 11 is 0. The number of hydrogen-bond donors (Lipinski definition) is 2. The Balaban J connectivity index is 2.39. The number of para-hydroxylation sites is 1. The molecule has 0 aliphatic carbocycles. The molecule has 0 aliphatic rings.